The van der Waals surface area contributed by atoms with Gasteiger partial charge in [-0.2, -0.15) is 5.26 Å². The van der Waals surface area contributed by atoms with Crippen LogP contribution in [0.4, 0.5) is 5.69 Å². The van der Waals surface area contributed by atoms with Crippen LogP contribution in [0.2, 0.25) is 0 Å². The van der Waals surface area contributed by atoms with E-state index in [9.17, 15) is 5.11 Å². The predicted octanol–water partition coefficient (Wildman–Crippen LogP) is 2.47. The number of benzene rings is 1. The number of nitriles is 1. The van der Waals surface area contributed by atoms with E-state index in [2.05, 4.69) is 6.07 Å². The quantitative estimate of drug-likeness (QED) is 0.776. The van der Waals surface area contributed by atoms with Crippen molar-refractivity contribution < 1.29 is 9.84 Å². The van der Waals surface area contributed by atoms with E-state index in [1.807, 2.05) is 24.1 Å². The van der Waals surface area contributed by atoms with Gasteiger partial charge in [0.2, 0.25) is 0 Å². The van der Waals surface area contributed by atoms with Gasteiger partial charge in [-0.3, -0.25) is 0 Å². The first-order valence-corrected chi connectivity index (χ1v) is 7.13. The van der Waals surface area contributed by atoms with Crippen molar-refractivity contribution in [3.05, 3.63) is 29.3 Å². The Morgan fingerprint density at radius 2 is 2.25 bits per heavy atom. The molecular weight excluding hydrogens is 252 g/mol. The van der Waals surface area contributed by atoms with Gasteiger partial charge in [0.25, 0.3) is 0 Å². The summed E-state index contributed by atoms with van der Waals surface area (Å²) < 4.78 is 5.64. The number of likely N-dealkylation sites (N-methyl/N-ethyl adjacent to an activating group) is 1. The molecule has 4 nitrogen and oxygen atoms in total. The molecule has 0 bridgehead atoms. The van der Waals surface area contributed by atoms with E-state index in [-0.39, 0.29) is 0 Å². The van der Waals surface area contributed by atoms with Gasteiger partial charge in [-0.15, -0.1) is 0 Å². The summed E-state index contributed by atoms with van der Waals surface area (Å²) >= 11 is 0. The molecule has 0 heterocycles. The zero-order chi connectivity index (χ0) is 14.5. The van der Waals surface area contributed by atoms with Crippen LogP contribution in [0.5, 0.6) is 0 Å². The molecule has 2 rings (SSSR count). The second-order valence-corrected chi connectivity index (χ2v) is 5.50. The Kier molecular flexibility index (Phi) is 4.99. The third-order valence-electron chi connectivity index (χ3n) is 3.64. The molecule has 108 valence electrons. The van der Waals surface area contributed by atoms with Gasteiger partial charge in [0.05, 0.1) is 24.3 Å². The standard InChI is InChI=1S/C16H22N2O2/c1-12(19)15-6-5-14(10-17)9-16(15)18(2)7-8-20-11-13-3-4-13/h5-6,9,12-13,19H,3-4,7-8,11H2,1-2H3/t12-/m1/s1. The van der Waals surface area contributed by atoms with Gasteiger partial charge in [0.1, 0.15) is 0 Å². The highest BCUT2D eigenvalue weighted by Crippen LogP contribution is 2.29. The van der Waals surface area contributed by atoms with Crippen LogP contribution in [-0.4, -0.2) is 31.9 Å². The first kappa shape index (κ1) is 14.8. The van der Waals surface area contributed by atoms with Crippen molar-refractivity contribution in [3.63, 3.8) is 0 Å². The van der Waals surface area contributed by atoms with E-state index < -0.39 is 6.10 Å². The summed E-state index contributed by atoms with van der Waals surface area (Å²) in [6.45, 7) is 4.02. The Bertz CT molecular complexity index is 490. The molecule has 0 saturated heterocycles. The maximum absolute atomic E-state index is 9.83. The van der Waals surface area contributed by atoms with Crippen LogP contribution in [0.25, 0.3) is 0 Å². The number of hydrogen-bond acceptors (Lipinski definition) is 4. The van der Waals surface area contributed by atoms with Crippen molar-refractivity contribution in [3.8, 4) is 6.07 Å². The molecule has 0 radical (unpaired) electrons. The van der Waals surface area contributed by atoms with Crippen molar-refractivity contribution in [1.29, 1.82) is 5.26 Å². The van der Waals surface area contributed by atoms with Gasteiger partial charge in [0, 0.05) is 31.5 Å². The average Bonchev–Trinajstić information content (AvgIpc) is 3.26. The first-order valence-electron chi connectivity index (χ1n) is 7.13. The van der Waals surface area contributed by atoms with Crippen LogP contribution in [0.1, 0.15) is 37.0 Å². The minimum Gasteiger partial charge on any atom is -0.389 e. The minimum atomic E-state index is -0.549. The molecule has 0 spiro atoms. The van der Waals surface area contributed by atoms with Crippen LogP contribution in [-0.2, 0) is 4.74 Å². The Morgan fingerprint density at radius 3 is 2.85 bits per heavy atom. The molecule has 0 unspecified atom stereocenters. The zero-order valence-electron chi connectivity index (χ0n) is 12.2. The summed E-state index contributed by atoms with van der Waals surface area (Å²) in [5, 5.41) is 18.8. The summed E-state index contributed by atoms with van der Waals surface area (Å²) in [6, 6.07) is 7.52. The number of ether oxygens (including phenoxy) is 1. The zero-order valence-corrected chi connectivity index (χ0v) is 12.2. The summed E-state index contributed by atoms with van der Waals surface area (Å²) in [5.74, 6) is 0.773. The van der Waals surface area contributed by atoms with E-state index in [0.29, 0.717) is 12.2 Å². The van der Waals surface area contributed by atoms with E-state index >= 15 is 0 Å². The van der Waals surface area contributed by atoms with Crippen molar-refractivity contribution in [1.82, 2.24) is 0 Å². The second-order valence-electron chi connectivity index (χ2n) is 5.50. The van der Waals surface area contributed by atoms with Crippen molar-refractivity contribution >= 4 is 5.69 Å². The molecule has 1 saturated carbocycles. The molecule has 1 aliphatic rings. The van der Waals surface area contributed by atoms with Gasteiger partial charge in [-0.05, 0) is 37.8 Å². The highest BCUT2D eigenvalue weighted by Gasteiger charge is 2.21. The second kappa shape index (κ2) is 6.74. The lowest BCUT2D eigenvalue weighted by molar-refractivity contribution is 0.130. The van der Waals surface area contributed by atoms with E-state index in [1.165, 1.54) is 12.8 Å². The molecule has 1 aromatic rings. The van der Waals surface area contributed by atoms with Gasteiger partial charge < -0.3 is 14.7 Å². The molecule has 1 aliphatic carbocycles. The monoisotopic (exact) mass is 274 g/mol. The Labute approximate surface area is 120 Å². The third kappa shape index (κ3) is 3.96. The molecule has 1 N–H and O–H groups in total. The third-order valence-corrected chi connectivity index (χ3v) is 3.64. The Balaban J connectivity index is 1.98. The molecule has 1 aromatic carbocycles. The number of nitrogens with zero attached hydrogens (tertiary/aromatic N) is 2. The highest BCUT2D eigenvalue weighted by atomic mass is 16.5. The largest absolute Gasteiger partial charge is 0.389 e. The van der Waals surface area contributed by atoms with E-state index in [1.54, 1.807) is 13.0 Å². The number of hydrogen-bond donors (Lipinski definition) is 1. The SMILES string of the molecule is C[C@@H](O)c1ccc(C#N)cc1N(C)CCOCC1CC1. The fourth-order valence-corrected chi connectivity index (χ4v) is 2.15. The molecular formula is C16H22N2O2. The van der Waals surface area contributed by atoms with Gasteiger partial charge in [-0.25, -0.2) is 0 Å². The van der Waals surface area contributed by atoms with Gasteiger partial charge in [-0.1, -0.05) is 6.07 Å². The Hall–Kier alpha value is -1.57. The minimum absolute atomic E-state index is 0.549. The molecule has 0 aromatic heterocycles. The smallest absolute Gasteiger partial charge is 0.0992 e. The number of aliphatic hydroxyl groups is 1. The normalized spacial score (nSPS) is 15.7. The molecule has 1 atom stereocenters. The van der Waals surface area contributed by atoms with Crippen molar-refractivity contribution in [2.45, 2.75) is 25.9 Å². The van der Waals surface area contributed by atoms with Crippen molar-refractivity contribution in [2.24, 2.45) is 5.92 Å². The highest BCUT2D eigenvalue weighted by molar-refractivity contribution is 5.58. The lowest BCUT2D eigenvalue weighted by Gasteiger charge is -2.24. The summed E-state index contributed by atoms with van der Waals surface area (Å²) in [7, 11) is 1.96. The van der Waals surface area contributed by atoms with Gasteiger partial charge in [0.15, 0.2) is 0 Å². The average molecular weight is 274 g/mol. The molecule has 0 amide bonds. The number of anilines is 1. The molecule has 0 aliphatic heterocycles. The lowest BCUT2D eigenvalue weighted by Crippen LogP contribution is -2.24. The molecule has 20 heavy (non-hydrogen) atoms. The Morgan fingerprint density at radius 1 is 1.50 bits per heavy atom. The van der Waals surface area contributed by atoms with Crippen LogP contribution < -0.4 is 4.90 Å². The topological polar surface area (TPSA) is 56.5 Å². The number of rotatable bonds is 7. The first-order chi connectivity index (χ1) is 9.61. The maximum atomic E-state index is 9.83. The van der Waals surface area contributed by atoms with E-state index in [4.69, 9.17) is 10.00 Å². The van der Waals surface area contributed by atoms with Crippen LogP contribution >= 0.6 is 0 Å². The summed E-state index contributed by atoms with van der Waals surface area (Å²) in [6.07, 6.45) is 2.05. The lowest BCUT2D eigenvalue weighted by atomic mass is 10.0. The predicted molar refractivity (Wildman–Crippen MR) is 78.6 cm³/mol. The van der Waals surface area contributed by atoms with Crippen molar-refractivity contribution in [2.75, 3.05) is 31.7 Å². The number of aliphatic hydroxyl groups excluding tert-OH is 1. The fourth-order valence-electron chi connectivity index (χ4n) is 2.15. The van der Waals surface area contributed by atoms with E-state index in [0.717, 1.165) is 30.3 Å². The maximum Gasteiger partial charge on any atom is 0.0992 e. The molecule has 4 heteroatoms. The molecule has 1 fully saturated rings. The van der Waals surface area contributed by atoms with Crippen LogP contribution in [0.15, 0.2) is 18.2 Å². The van der Waals surface area contributed by atoms with Crippen LogP contribution in [0.3, 0.4) is 0 Å². The fraction of sp³-hybridized carbons (Fsp3) is 0.562. The summed E-state index contributed by atoms with van der Waals surface area (Å²) in [4.78, 5) is 2.04. The summed E-state index contributed by atoms with van der Waals surface area (Å²) in [5.41, 5.74) is 2.35. The van der Waals surface area contributed by atoms with Gasteiger partial charge >= 0.3 is 0 Å². The van der Waals surface area contributed by atoms with Crippen LogP contribution in [0, 0.1) is 17.2 Å².